The minimum Gasteiger partial charge on any atom is -0.489 e. The molecule has 0 amide bonds. The number of nitrogens with one attached hydrogen (secondary N) is 4. The predicted molar refractivity (Wildman–Crippen MR) is 218 cm³/mol. The van der Waals surface area contributed by atoms with Crippen molar-refractivity contribution in [2.24, 2.45) is 0 Å². The van der Waals surface area contributed by atoms with E-state index in [4.69, 9.17) is 19.4 Å². The topological polar surface area (TPSA) is 114 Å². The predicted octanol–water partition coefficient (Wildman–Crippen LogP) is 9.42. The lowest BCUT2D eigenvalue weighted by Crippen LogP contribution is -2.41. The zero-order chi connectivity index (χ0) is 37.0. The van der Waals surface area contributed by atoms with Crippen molar-refractivity contribution in [2.75, 3.05) is 40.4 Å². The van der Waals surface area contributed by atoms with E-state index in [0.717, 1.165) is 66.4 Å². The number of hydrogen-bond donors (Lipinski definition) is 4. The monoisotopic (exact) mass is 728 g/mol. The molecule has 0 unspecified atom stereocenters. The molecule has 0 aliphatic heterocycles. The normalized spacial score (nSPS) is 12.2. The first-order chi connectivity index (χ1) is 27.0. The minimum atomic E-state index is -0.378. The maximum absolute atomic E-state index is 16.3. The van der Waals surface area contributed by atoms with Crippen molar-refractivity contribution in [2.45, 2.75) is 0 Å². The summed E-state index contributed by atoms with van der Waals surface area (Å²) in [7, 11) is 4.05. The van der Waals surface area contributed by atoms with Crippen LogP contribution in [0.3, 0.4) is 0 Å². The van der Waals surface area contributed by atoms with Crippen molar-refractivity contribution in [1.82, 2.24) is 39.9 Å². The number of aromatic nitrogens is 6. The molecule has 4 N–H and O–H groups in total. The molecule has 0 saturated carbocycles. The van der Waals surface area contributed by atoms with Crippen molar-refractivity contribution < 1.29 is 13.9 Å². The second kappa shape index (κ2) is 13.3. The summed E-state index contributed by atoms with van der Waals surface area (Å²) in [5.41, 5.74) is 7.82. The average molecular weight is 729 g/mol. The van der Waals surface area contributed by atoms with Gasteiger partial charge in [-0.15, -0.1) is 0 Å². The van der Waals surface area contributed by atoms with Gasteiger partial charge in [0.25, 0.3) is 0 Å². The van der Waals surface area contributed by atoms with Gasteiger partial charge in [0.2, 0.25) is 0 Å². The molecule has 0 atom stereocenters. The van der Waals surface area contributed by atoms with Crippen LogP contribution in [0.2, 0.25) is 0 Å². The molecule has 11 heteroatoms. The quantitative estimate of drug-likeness (QED) is 0.0988. The van der Waals surface area contributed by atoms with E-state index in [1.165, 1.54) is 0 Å². The first kappa shape index (κ1) is 32.9. The van der Waals surface area contributed by atoms with Gasteiger partial charge in [0, 0.05) is 65.5 Å². The number of likely N-dealkylation sites (N-methyl/N-ethyl adjacent to an activating group) is 2. The van der Waals surface area contributed by atoms with Crippen LogP contribution in [0, 0.1) is 5.82 Å². The number of nitrogens with zero attached hydrogens (tertiary/aromatic N) is 4. The van der Waals surface area contributed by atoms with Crippen LogP contribution in [0.15, 0.2) is 115 Å². The zero-order valence-electron chi connectivity index (χ0n) is 30.3. The summed E-state index contributed by atoms with van der Waals surface area (Å²) in [5.74, 6) is 2.29. The fourth-order valence-corrected chi connectivity index (χ4v) is 7.57. The van der Waals surface area contributed by atoms with Gasteiger partial charge in [-0.3, -0.25) is 0 Å². The lowest BCUT2D eigenvalue weighted by molar-refractivity contribution is 0.00690. The molecule has 0 aliphatic carbocycles. The van der Waals surface area contributed by atoms with Gasteiger partial charge in [0.1, 0.15) is 41.4 Å². The highest BCUT2D eigenvalue weighted by atomic mass is 19.1. The summed E-state index contributed by atoms with van der Waals surface area (Å²) in [6.45, 7) is 1.95. The van der Waals surface area contributed by atoms with Crippen molar-refractivity contribution in [3.05, 3.63) is 121 Å². The third kappa shape index (κ3) is 5.63. The fourth-order valence-electron chi connectivity index (χ4n) is 7.57. The van der Waals surface area contributed by atoms with Crippen molar-refractivity contribution in [3.8, 4) is 34.3 Å². The zero-order valence-corrected chi connectivity index (χ0v) is 30.3. The van der Waals surface area contributed by atoms with Crippen LogP contribution in [0.4, 0.5) is 4.39 Å². The molecule has 0 bridgehead atoms. The van der Waals surface area contributed by atoms with Gasteiger partial charge >= 0.3 is 0 Å². The van der Waals surface area contributed by atoms with E-state index in [0.29, 0.717) is 54.3 Å². The van der Waals surface area contributed by atoms with Gasteiger partial charge < -0.3 is 29.4 Å². The molecule has 0 radical (unpaired) electrons. The first-order valence-corrected chi connectivity index (χ1v) is 18.3. The Balaban J connectivity index is 0.895. The molecule has 10 aromatic rings. The number of rotatable bonds is 11. The summed E-state index contributed by atoms with van der Waals surface area (Å²) >= 11 is 0. The molecule has 0 fully saturated rings. The van der Waals surface area contributed by atoms with E-state index in [9.17, 15) is 0 Å². The number of benzene rings is 6. The number of para-hydroxylation sites is 2. The molecule has 10 nitrogen and oxygen atoms in total. The lowest BCUT2D eigenvalue weighted by atomic mass is 10.1. The second-order valence-corrected chi connectivity index (χ2v) is 13.8. The summed E-state index contributed by atoms with van der Waals surface area (Å²) in [6, 6.07) is 37.9. The molecule has 4 aromatic heterocycles. The lowest BCUT2D eigenvalue weighted by Gasteiger charge is -2.28. The van der Waals surface area contributed by atoms with Crippen molar-refractivity contribution in [3.63, 3.8) is 0 Å². The Kier molecular flexibility index (Phi) is 7.97. The third-order valence-electron chi connectivity index (χ3n) is 10.5. The maximum Gasteiger partial charge on any atom is 0.169 e. The minimum absolute atomic E-state index is 0.251. The highest BCUT2D eigenvalue weighted by Gasteiger charge is 2.24. The number of fused-ring (bicyclic) bond motifs is 8. The highest BCUT2D eigenvalue weighted by molar-refractivity contribution is 6.16. The van der Waals surface area contributed by atoms with Gasteiger partial charge in [-0.2, -0.15) is 0 Å². The second-order valence-electron chi connectivity index (χ2n) is 13.8. The number of hydrogen-bond acceptors (Lipinski definition) is 6. The molecule has 55 heavy (non-hydrogen) atoms. The Labute approximate surface area is 314 Å². The van der Waals surface area contributed by atoms with Crippen LogP contribution < -0.4 is 9.47 Å². The molecule has 6 aromatic carbocycles. The Hall–Kier alpha value is -6.69. The average Bonchev–Trinajstić information content (AvgIpc) is 4.02. The Morgan fingerprint density at radius 3 is 1.75 bits per heavy atom. The van der Waals surface area contributed by atoms with Crippen LogP contribution in [0.1, 0.15) is 0 Å². The number of H-pyrrole nitrogens is 4. The van der Waals surface area contributed by atoms with Crippen LogP contribution in [-0.4, -0.2) is 80.3 Å². The number of halogens is 1. The largest absolute Gasteiger partial charge is 0.489 e. The first-order valence-electron chi connectivity index (χ1n) is 18.3. The molecule has 0 spiro atoms. The smallest absolute Gasteiger partial charge is 0.169 e. The molecule has 4 heterocycles. The highest BCUT2D eigenvalue weighted by Crippen LogP contribution is 2.42. The summed E-state index contributed by atoms with van der Waals surface area (Å²) in [4.78, 5) is 23.6. The van der Waals surface area contributed by atoms with Crippen LogP contribution in [0.25, 0.3) is 88.5 Å². The molecular weight excluding hydrogens is 692 g/mol. The van der Waals surface area contributed by atoms with Gasteiger partial charge in [0.15, 0.2) is 17.3 Å². The standard InChI is InChI=1S/C44H37FN8O2/c1-52(21-23-54-41-34-28-17-9-11-19-30(28)46-32(34)25-33-37(41)49-43(48-33)26-13-5-3-6-14-26)53(2)22-24-55-42-38-35(29-18-10-12-20-31(29)47-38)36(45)39-40(42)51-44(50-39)27-15-7-4-8-16-27/h3-20,25,46-47H,21-24H2,1-2H3,(H,48,49)(H,50,51). The Morgan fingerprint density at radius 1 is 0.527 bits per heavy atom. The molecule has 10 rings (SSSR count). The van der Waals surface area contributed by atoms with E-state index < -0.39 is 0 Å². The van der Waals surface area contributed by atoms with E-state index in [1.807, 2.05) is 111 Å². The number of ether oxygens (including phenoxy) is 2. The fraction of sp³-hybridized carbons (Fsp3) is 0.136. The third-order valence-corrected chi connectivity index (χ3v) is 10.5. The number of imidazole rings is 2. The van der Waals surface area contributed by atoms with E-state index in [2.05, 4.69) is 48.2 Å². The summed E-state index contributed by atoms with van der Waals surface area (Å²) < 4.78 is 29.5. The number of hydrazine groups is 1. The molecule has 272 valence electrons. The van der Waals surface area contributed by atoms with E-state index in [-0.39, 0.29) is 11.3 Å². The van der Waals surface area contributed by atoms with Gasteiger partial charge in [-0.25, -0.2) is 24.4 Å². The van der Waals surface area contributed by atoms with Crippen LogP contribution in [0.5, 0.6) is 11.5 Å². The van der Waals surface area contributed by atoms with Gasteiger partial charge in [-0.1, -0.05) is 97.1 Å². The Morgan fingerprint density at radius 2 is 1.07 bits per heavy atom. The summed E-state index contributed by atoms with van der Waals surface area (Å²) in [5, 5.41) is 7.57. The summed E-state index contributed by atoms with van der Waals surface area (Å²) in [6.07, 6.45) is 0. The van der Waals surface area contributed by atoms with E-state index >= 15 is 4.39 Å². The van der Waals surface area contributed by atoms with Crippen molar-refractivity contribution >= 4 is 65.7 Å². The molecular formula is C44H37FN8O2. The number of aromatic amines is 4. The van der Waals surface area contributed by atoms with Gasteiger partial charge in [0.05, 0.1) is 21.9 Å². The van der Waals surface area contributed by atoms with Crippen LogP contribution >= 0.6 is 0 Å². The van der Waals surface area contributed by atoms with Crippen LogP contribution in [-0.2, 0) is 0 Å². The Bertz CT molecular complexity index is 3000. The molecule has 0 saturated heterocycles. The maximum atomic E-state index is 16.3. The van der Waals surface area contributed by atoms with Gasteiger partial charge in [-0.05, 0) is 18.2 Å². The van der Waals surface area contributed by atoms with Crippen molar-refractivity contribution in [1.29, 1.82) is 0 Å². The SMILES string of the molecule is CN(CCOc1c2[nH]c(-c3ccccc3)nc2c(F)c2c1[nH]c1ccccc12)N(C)CCOc1c2nc(-c3ccccc3)[nH]c2cc2[nH]c3ccccc3c12. The van der Waals surface area contributed by atoms with E-state index in [1.54, 1.807) is 0 Å². The molecule has 0 aliphatic rings.